The first-order valence-corrected chi connectivity index (χ1v) is 8.50. The van der Waals surface area contributed by atoms with E-state index in [1.54, 1.807) is 0 Å². The molecule has 2 heteroatoms. The smallest absolute Gasteiger partial charge is 0.0682 e. The van der Waals surface area contributed by atoms with Crippen molar-refractivity contribution < 1.29 is 5.11 Å². The molecule has 0 rings (SSSR count). The Balaban J connectivity index is 3.62. The van der Waals surface area contributed by atoms with E-state index >= 15 is 0 Å². The van der Waals surface area contributed by atoms with Crippen LogP contribution >= 0.6 is 0 Å². The van der Waals surface area contributed by atoms with Gasteiger partial charge in [0.05, 0.1) is 14.2 Å². The van der Waals surface area contributed by atoms with Crippen LogP contribution in [0.4, 0.5) is 0 Å². The molecular weight excluding hydrogens is 176 g/mol. The van der Waals surface area contributed by atoms with Gasteiger partial charge in [0.1, 0.15) is 0 Å². The van der Waals surface area contributed by atoms with Gasteiger partial charge in [0.15, 0.2) is 0 Å². The van der Waals surface area contributed by atoms with Crippen molar-refractivity contribution in [3.8, 4) is 0 Å². The highest BCUT2D eigenvalue weighted by atomic mass is 28.3. The normalized spacial score (nSPS) is 14.8. The van der Waals surface area contributed by atoms with Crippen LogP contribution in [-0.2, 0) is 0 Å². The summed E-state index contributed by atoms with van der Waals surface area (Å²) in [7, 11) is -1.07. The maximum Gasteiger partial charge on any atom is 0.0682 e. The van der Waals surface area contributed by atoms with E-state index in [-0.39, 0.29) is 6.10 Å². The predicted molar refractivity (Wildman–Crippen MR) is 62.5 cm³/mol. The van der Waals surface area contributed by atoms with E-state index in [1.165, 1.54) is 0 Å². The fourth-order valence-corrected chi connectivity index (χ4v) is 1.85. The molecule has 0 radical (unpaired) electrons. The summed E-state index contributed by atoms with van der Waals surface area (Å²) in [6.45, 7) is 10.5. The average molecular weight is 198 g/mol. The second-order valence-corrected chi connectivity index (χ2v) is 9.59. The van der Waals surface area contributed by atoms with Gasteiger partial charge in [0.25, 0.3) is 0 Å². The Morgan fingerprint density at radius 2 is 2.00 bits per heavy atom. The summed E-state index contributed by atoms with van der Waals surface area (Å²) in [5.41, 5.74) is 2.28. The summed E-state index contributed by atoms with van der Waals surface area (Å²) >= 11 is 0. The minimum absolute atomic E-state index is 0.189. The van der Waals surface area contributed by atoms with Crippen molar-refractivity contribution in [2.75, 3.05) is 0 Å². The van der Waals surface area contributed by atoms with E-state index in [9.17, 15) is 5.11 Å². The average Bonchev–Trinajstić information content (AvgIpc) is 1.98. The van der Waals surface area contributed by atoms with Crippen LogP contribution in [0.2, 0.25) is 19.6 Å². The molecule has 0 spiro atoms. The third-order valence-corrected chi connectivity index (χ3v) is 2.97. The predicted octanol–water partition coefficient (Wildman–Crippen LogP) is 3.14. The molecule has 1 nitrogen and oxygen atoms in total. The fraction of sp³-hybridized carbons (Fsp3) is 0.636. The van der Waals surface area contributed by atoms with Gasteiger partial charge < -0.3 is 5.11 Å². The van der Waals surface area contributed by atoms with Gasteiger partial charge in [-0.25, -0.2) is 0 Å². The number of rotatable bonds is 6. The van der Waals surface area contributed by atoms with Gasteiger partial charge in [-0.05, 0) is 19.3 Å². The quantitative estimate of drug-likeness (QED) is 0.513. The Morgan fingerprint density at radius 1 is 1.38 bits per heavy atom. The summed E-state index contributed by atoms with van der Waals surface area (Å²) < 4.78 is 0. The molecule has 0 heterocycles. The molecule has 0 saturated carbocycles. The zero-order chi connectivity index (χ0) is 10.3. The van der Waals surface area contributed by atoms with Crippen LogP contribution in [0, 0.1) is 0 Å². The molecule has 1 atom stereocenters. The van der Waals surface area contributed by atoms with Gasteiger partial charge in [0.2, 0.25) is 0 Å². The zero-order valence-corrected chi connectivity index (χ0v) is 10.1. The fourth-order valence-electron chi connectivity index (χ4n) is 1.01. The number of allylic oxidation sites excluding steroid dienone is 1. The molecule has 0 saturated heterocycles. The summed E-state index contributed by atoms with van der Waals surface area (Å²) in [5.74, 6) is 0. The van der Waals surface area contributed by atoms with E-state index in [1.807, 2.05) is 6.08 Å². The molecule has 0 aromatic heterocycles. The molecule has 76 valence electrons. The van der Waals surface area contributed by atoms with Crippen LogP contribution in [0.25, 0.3) is 0 Å². The van der Waals surface area contributed by atoms with E-state index in [0.29, 0.717) is 0 Å². The number of hydrogen-bond acceptors (Lipinski definition) is 1. The maximum atomic E-state index is 9.49. The topological polar surface area (TPSA) is 20.2 Å². The van der Waals surface area contributed by atoms with Crippen LogP contribution < -0.4 is 0 Å². The zero-order valence-electron chi connectivity index (χ0n) is 9.09. The van der Waals surface area contributed by atoms with Gasteiger partial charge in [-0.1, -0.05) is 37.5 Å². The van der Waals surface area contributed by atoms with Gasteiger partial charge in [-0.3, -0.25) is 0 Å². The molecule has 0 amide bonds. The van der Waals surface area contributed by atoms with Crippen LogP contribution in [0.3, 0.4) is 0 Å². The highest BCUT2D eigenvalue weighted by Gasteiger charge is 2.07. The van der Waals surface area contributed by atoms with Crippen LogP contribution in [-0.4, -0.2) is 19.3 Å². The molecule has 0 aliphatic carbocycles. The highest BCUT2D eigenvalue weighted by molar-refractivity contribution is 6.80. The van der Waals surface area contributed by atoms with Crippen molar-refractivity contribution in [1.82, 2.24) is 0 Å². The van der Waals surface area contributed by atoms with Crippen molar-refractivity contribution in [1.29, 1.82) is 0 Å². The second kappa shape index (κ2) is 6.16. The molecule has 13 heavy (non-hydrogen) atoms. The van der Waals surface area contributed by atoms with E-state index < -0.39 is 8.07 Å². The Morgan fingerprint density at radius 3 is 2.46 bits per heavy atom. The first-order valence-electron chi connectivity index (χ1n) is 4.92. The molecule has 1 N–H and O–H groups in total. The molecule has 0 aromatic rings. The molecule has 0 fully saturated rings. The third-order valence-electron chi connectivity index (χ3n) is 1.73. The lowest BCUT2D eigenvalue weighted by Gasteiger charge is -2.10. The Labute approximate surface area is 83.2 Å². The van der Waals surface area contributed by atoms with Crippen LogP contribution in [0.15, 0.2) is 24.4 Å². The Kier molecular flexibility index (Phi) is 6.00. The molecule has 0 aliphatic rings. The second-order valence-electron chi connectivity index (χ2n) is 4.52. The van der Waals surface area contributed by atoms with Gasteiger partial charge in [-0.15, -0.1) is 6.58 Å². The Bertz CT molecular complexity index is 167. The first-order chi connectivity index (χ1) is 5.95. The summed E-state index contributed by atoms with van der Waals surface area (Å²) in [6.07, 6.45) is 6.32. The van der Waals surface area contributed by atoms with Gasteiger partial charge in [0, 0.05) is 0 Å². The highest BCUT2D eigenvalue weighted by Crippen LogP contribution is 2.06. The number of hydrogen-bond donors (Lipinski definition) is 1. The first kappa shape index (κ1) is 12.7. The molecule has 0 bridgehead atoms. The van der Waals surface area contributed by atoms with Crippen LogP contribution in [0.5, 0.6) is 0 Å². The minimum atomic E-state index is -1.07. The standard InChI is InChI=1S/C11H22OSi/c1-5-6-8-11(12)9-7-10-13(2,3)4/h5,7,10-12H,1,6,8-9H2,2-4H3/b10-7+/t11-/m0/s1. The summed E-state index contributed by atoms with van der Waals surface area (Å²) in [5, 5.41) is 9.49. The van der Waals surface area contributed by atoms with Crippen LogP contribution in [0.1, 0.15) is 19.3 Å². The molecule has 0 aromatic carbocycles. The molecule has 0 unspecified atom stereocenters. The van der Waals surface area contributed by atoms with Gasteiger partial charge >= 0.3 is 0 Å². The molecular formula is C11H22OSi. The Hall–Kier alpha value is -0.343. The third kappa shape index (κ3) is 9.57. The van der Waals surface area contributed by atoms with E-state index in [0.717, 1.165) is 19.3 Å². The minimum Gasteiger partial charge on any atom is -0.393 e. The van der Waals surface area contributed by atoms with Crippen molar-refractivity contribution in [3.63, 3.8) is 0 Å². The largest absolute Gasteiger partial charge is 0.393 e. The van der Waals surface area contributed by atoms with E-state index in [2.05, 4.69) is 38.0 Å². The summed E-state index contributed by atoms with van der Waals surface area (Å²) in [6, 6.07) is 0. The summed E-state index contributed by atoms with van der Waals surface area (Å²) in [4.78, 5) is 0. The van der Waals surface area contributed by atoms with Crippen molar-refractivity contribution in [2.24, 2.45) is 0 Å². The lowest BCUT2D eigenvalue weighted by atomic mass is 10.1. The molecule has 0 aliphatic heterocycles. The lowest BCUT2D eigenvalue weighted by molar-refractivity contribution is 0.169. The number of aliphatic hydroxyl groups excluding tert-OH is 1. The van der Waals surface area contributed by atoms with Crippen molar-refractivity contribution in [2.45, 2.75) is 45.0 Å². The maximum absolute atomic E-state index is 9.49. The SMILES string of the molecule is C=CCC[C@H](O)C/C=C/[Si](C)(C)C. The monoisotopic (exact) mass is 198 g/mol. The lowest BCUT2D eigenvalue weighted by Crippen LogP contribution is -2.16. The van der Waals surface area contributed by atoms with Crippen molar-refractivity contribution >= 4 is 8.07 Å². The number of aliphatic hydroxyl groups is 1. The van der Waals surface area contributed by atoms with Gasteiger partial charge in [-0.2, -0.15) is 0 Å². The van der Waals surface area contributed by atoms with E-state index in [4.69, 9.17) is 0 Å². The van der Waals surface area contributed by atoms with Crippen molar-refractivity contribution in [3.05, 3.63) is 24.4 Å².